The Labute approximate surface area is 163 Å². The van der Waals surface area contributed by atoms with Crippen LogP contribution in [-0.4, -0.2) is 43.9 Å². The van der Waals surface area contributed by atoms with Gasteiger partial charge < -0.3 is 9.32 Å². The van der Waals surface area contributed by atoms with Crippen molar-refractivity contribution in [2.45, 2.75) is 46.5 Å². The number of aromatic nitrogens is 4. The summed E-state index contributed by atoms with van der Waals surface area (Å²) >= 11 is 1.40. The number of likely N-dealkylation sites (N-methyl/N-ethyl adjacent to an activating group) is 1. The summed E-state index contributed by atoms with van der Waals surface area (Å²) in [6.45, 7) is 11.4. The number of aryl methyl sites for hydroxylation is 1. The van der Waals surface area contributed by atoms with Gasteiger partial charge in [0.2, 0.25) is 0 Å². The lowest BCUT2D eigenvalue weighted by Crippen LogP contribution is -2.33. The summed E-state index contributed by atoms with van der Waals surface area (Å²) in [7, 11) is 0. The van der Waals surface area contributed by atoms with Gasteiger partial charge in [0.25, 0.3) is 5.91 Å². The van der Waals surface area contributed by atoms with Gasteiger partial charge in [-0.2, -0.15) is 10.2 Å². The van der Waals surface area contributed by atoms with Crippen molar-refractivity contribution in [2.75, 3.05) is 13.1 Å². The summed E-state index contributed by atoms with van der Waals surface area (Å²) in [5, 5.41) is 10.1. The van der Waals surface area contributed by atoms with E-state index in [0.29, 0.717) is 36.0 Å². The topological polar surface area (TPSA) is 77.0 Å². The maximum Gasteiger partial charge on any atom is 0.266 e. The van der Waals surface area contributed by atoms with Crippen LogP contribution in [0.3, 0.4) is 0 Å². The molecule has 0 aliphatic heterocycles. The van der Waals surface area contributed by atoms with E-state index < -0.39 is 0 Å². The third-order valence-corrected chi connectivity index (χ3v) is 5.18. The molecule has 3 heterocycles. The van der Waals surface area contributed by atoms with Crippen LogP contribution < -0.4 is 0 Å². The van der Waals surface area contributed by atoms with Gasteiger partial charge in [-0.15, -0.1) is 16.1 Å². The van der Waals surface area contributed by atoms with Crippen LogP contribution in [0.1, 0.15) is 54.7 Å². The third-order valence-electron chi connectivity index (χ3n) is 4.29. The molecule has 8 heteroatoms. The summed E-state index contributed by atoms with van der Waals surface area (Å²) in [5.41, 5.74) is 1.61. The van der Waals surface area contributed by atoms with E-state index in [2.05, 4.69) is 36.0 Å². The molecule has 0 spiro atoms. The molecule has 0 aromatic carbocycles. The van der Waals surface area contributed by atoms with Crippen molar-refractivity contribution in [1.29, 1.82) is 0 Å². The molecule has 144 valence electrons. The van der Waals surface area contributed by atoms with Crippen LogP contribution in [0, 0.1) is 6.92 Å². The number of carbonyl (C=O) groups excluding carboxylic acids is 1. The van der Waals surface area contributed by atoms with Crippen molar-refractivity contribution < 1.29 is 9.21 Å². The minimum absolute atomic E-state index is 0.0286. The SMILES string of the molecule is CCN(CCc1nc(C(C)(C)C)c(C)o1)C(=O)c1sccc1-n1nccn1. The number of oxazole rings is 1. The first-order valence-electron chi connectivity index (χ1n) is 9.01. The van der Waals surface area contributed by atoms with Crippen LogP contribution in [0.15, 0.2) is 28.3 Å². The molecule has 0 N–H and O–H groups in total. The van der Waals surface area contributed by atoms with Crippen LogP contribution in [0.25, 0.3) is 5.69 Å². The van der Waals surface area contributed by atoms with Crippen molar-refractivity contribution in [3.8, 4) is 5.69 Å². The van der Waals surface area contributed by atoms with Crippen LogP contribution >= 0.6 is 11.3 Å². The highest BCUT2D eigenvalue weighted by Gasteiger charge is 2.24. The molecule has 0 radical (unpaired) electrons. The Bertz CT molecular complexity index is 905. The molecule has 0 aliphatic rings. The lowest BCUT2D eigenvalue weighted by molar-refractivity contribution is 0.0768. The highest BCUT2D eigenvalue weighted by Crippen LogP contribution is 2.26. The molecule has 0 bridgehead atoms. The van der Waals surface area contributed by atoms with E-state index >= 15 is 0 Å². The summed E-state index contributed by atoms with van der Waals surface area (Å²) in [5.74, 6) is 1.49. The van der Waals surface area contributed by atoms with E-state index in [1.54, 1.807) is 17.3 Å². The molecule has 0 saturated carbocycles. The second kappa shape index (κ2) is 7.64. The molecule has 0 saturated heterocycles. The van der Waals surface area contributed by atoms with Crippen LogP contribution in [-0.2, 0) is 11.8 Å². The molecule has 0 aliphatic carbocycles. The number of hydrogen-bond donors (Lipinski definition) is 0. The average molecular weight is 388 g/mol. The summed E-state index contributed by atoms with van der Waals surface area (Å²) in [6, 6.07) is 1.86. The van der Waals surface area contributed by atoms with Gasteiger partial charge in [-0.1, -0.05) is 20.8 Å². The molecular weight excluding hydrogens is 362 g/mol. The van der Waals surface area contributed by atoms with E-state index in [-0.39, 0.29) is 11.3 Å². The van der Waals surface area contributed by atoms with Gasteiger partial charge in [0, 0.05) is 24.9 Å². The molecule has 27 heavy (non-hydrogen) atoms. The fourth-order valence-corrected chi connectivity index (χ4v) is 3.83. The highest BCUT2D eigenvalue weighted by atomic mass is 32.1. The number of hydrogen-bond acceptors (Lipinski definition) is 6. The Kier molecular flexibility index (Phi) is 5.46. The highest BCUT2D eigenvalue weighted by molar-refractivity contribution is 7.12. The number of amides is 1. The first kappa shape index (κ1) is 19.3. The smallest absolute Gasteiger partial charge is 0.266 e. The first-order chi connectivity index (χ1) is 12.8. The van der Waals surface area contributed by atoms with Crippen LogP contribution in [0.5, 0.6) is 0 Å². The lowest BCUT2D eigenvalue weighted by atomic mass is 9.91. The Morgan fingerprint density at radius 1 is 1.30 bits per heavy atom. The van der Waals surface area contributed by atoms with Gasteiger partial charge in [-0.3, -0.25) is 4.79 Å². The third kappa shape index (κ3) is 4.10. The predicted octanol–water partition coefficient (Wildman–Crippen LogP) is 3.63. The number of thiophene rings is 1. The molecule has 3 aromatic heterocycles. The molecule has 3 aromatic rings. The van der Waals surface area contributed by atoms with Gasteiger partial charge in [-0.05, 0) is 25.3 Å². The van der Waals surface area contributed by atoms with Crippen molar-refractivity contribution >= 4 is 17.2 Å². The Morgan fingerprint density at radius 2 is 2.00 bits per heavy atom. The van der Waals surface area contributed by atoms with Crippen molar-refractivity contribution in [3.63, 3.8) is 0 Å². The normalized spacial score (nSPS) is 11.7. The van der Waals surface area contributed by atoms with E-state index in [0.717, 1.165) is 11.5 Å². The van der Waals surface area contributed by atoms with Crippen molar-refractivity contribution in [1.82, 2.24) is 24.9 Å². The average Bonchev–Trinajstić information content (AvgIpc) is 3.34. The zero-order valence-corrected chi connectivity index (χ0v) is 17.2. The van der Waals surface area contributed by atoms with Crippen LogP contribution in [0.4, 0.5) is 0 Å². The molecule has 0 unspecified atom stereocenters. The largest absolute Gasteiger partial charge is 0.446 e. The first-order valence-corrected chi connectivity index (χ1v) is 9.89. The van der Waals surface area contributed by atoms with Gasteiger partial charge in [-0.25, -0.2) is 4.98 Å². The van der Waals surface area contributed by atoms with E-state index in [9.17, 15) is 4.79 Å². The standard InChI is InChI=1S/C19H25N5O2S/c1-6-23(11-7-15-22-17(13(2)26-15)19(3,4)5)18(25)16-14(8-12-27-16)24-20-9-10-21-24/h8-10,12H,6-7,11H2,1-5H3. The van der Waals surface area contributed by atoms with Gasteiger partial charge in [0.1, 0.15) is 16.3 Å². The molecule has 0 atom stereocenters. The minimum atomic E-state index is -0.0608. The zero-order valence-electron chi connectivity index (χ0n) is 16.4. The van der Waals surface area contributed by atoms with E-state index in [1.807, 2.05) is 25.3 Å². The monoisotopic (exact) mass is 387 g/mol. The van der Waals surface area contributed by atoms with Crippen LogP contribution in [0.2, 0.25) is 0 Å². The fraction of sp³-hybridized carbons (Fsp3) is 0.474. The number of nitrogens with zero attached hydrogens (tertiary/aromatic N) is 5. The lowest BCUT2D eigenvalue weighted by Gasteiger charge is -2.20. The second-order valence-corrected chi connectivity index (χ2v) is 8.27. The quantitative estimate of drug-likeness (QED) is 0.645. The minimum Gasteiger partial charge on any atom is -0.446 e. The fourth-order valence-electron chi connectivity index (χ4n) is 2.99. The summed E-state index contributed by atoms with van der Waals surface area (Å²) < 4.78 is 5.82. The Hall–Kier alpha value is -2.48. The number of rotatable bonds is 6. The molecule has 3 rings (SSSR count). The second-order valence-electron chi connectivity index (χ2n) is 7.35. The molecule has 0 fully saturated rings. The van der Waals surface area contributed by atoms with Crippen molar-refractivity contribution in [2.24, 2.45) is 0 Å². The maximum absolute atomic E-state index is 13.0. The molecule has 1 amide bonds. The van der Waals surface area contributed by atoms with Gasteiger partial charge >= 0.3 is 0 Å². The predicted molar refractivity (Wildman–Crippen MR) is 104 cm³/mol. The van der Waals surface area contributed by atoms with Crippen molar-refractivity contribution in [3.05, 3.63) is 46.1 Å². The maximum atomic E-state index is 13.0. The zero-order chi connectivity index (χ0) is 19.6. The molecular formula is C19H25N5O2S. The van der Waals surface area contributed by atoms with E-state index in [4.69, 9.17) is 4.42 Å². The van der Waals surface area contributed by atoms with Gasteiger partial charge in [0.05, 0.1) is 18.1 Å². The van der Waals surface area contributed by atoms with E-state index in [1.165, 1.54) is 16.1 Å². The Morgan fingerprint density at radius 3 is 2.59 bits per heavy atom. The summed E-state index contributed by atoms with van der Waals surface area (Å²) in [4.78, 5) is 21.6. The Balaban J connectivity index is 1.73. The number of carbonyl (C=O) groups is 1. The summed E-state index contributed by atoms with van der Waals surface area (Å²) in [6.07, 6.45) is 3.78. The molecule has 7 nitrogen and oxygen atoms in total. The van der Waals surface area contributed by atoms with Gasteiger partial charge in [0.15, 0.2) is 5.89 Å².